The zero-order chi connectivity index (χ0) is 13.3. The van der Waals surface area contributed by atoms with Crippen LogP contribution >= 0.6 is 0 Å². The Hall–Kier alpha value is -0.570. The van der Waals surface area contributed by atoms with Gasteiger partial charge in [0.1, 0.15) is 0 Å². The molecule has 3 heteroatoms. The highest BCUT2D eigenvalue weighted by molar-refractivity contribution is 5.76. The van der Waals surface area contributed by atoms with Crippen LogP contribution in [0.2, 0.25) is 0 Å². The number of nitrogens with one attached hydrogen (secondary N) is 1. The molecule has 2 rings (SSSR count). The topological polar surface area (TPSA) is 38.3 Å². The van der Waals surface area contributed by atoms with E-state index in [-0.39, 0.29) is 5.91 Å². The first-order valence-corrected chi connectivity index (χ1v) is 8.23. The third-order valence-corrected chi connectivity index (χ3v) is 4.50. The van der Waals surface area contributed by atoms with E-state index in [0.29, 0.717) is 12.0 Å². The lowest BCUT2D eigenvalue weighted by Crippen LogP contribution is -2.27. The largest absolute Gasteiger partial charge is 0.378 e. The summed E-state index contributed by atoms with van der Waals surface area (Å²) in [6.45, 7) is 1.58. The van der Waals surface area contributed by atoms with E-state index in [2.05, 4.69) is 5.32 Å². The maximum atomic E-state index is 11.7. The number of ether oxygens (including phenoxy) is 1. The van der Waals surface area contributed by atoms with Crippen LogP contribution in [0, 0.1) is 5.92 Å². The molecule has 110 valence electrons. The van der Waals surface area contributed by atoms with Crippen molar-refractivity contribution in [1.29, 1.82) is 0 Å². The van der Waals surface area contributed by atoms with Gasteiger partial charge in [-0.1, -0.05) is 32.1 Å². The lowest BCUT2D eigenvalue weighted by molar-refractivity contribution is -0.122. The minimum atomic E-state index is 0.240. The van der Waals surface area contributed by atoms with Gasteiger partial charge in [0.2, 0.25) is 5.91 Å². The lowest BCUT2D eigenvalue weighted by atomic mass is 9.98. The van der Waals surface area contributed by atoms with Crippen molar-refractivity contribution in [2.45, 2.75) is 76.7 Å². The summed E-state index contributed by atoms with van der Waals surface area (Å²) in [6.07, 6.45) is 13.8. The molecule has 2 aliphatic carbocycles. The quantitative estimate of drug-likeness (QED) is 0.718. The number of carbonyl (C=O) groups is 1. The van der Waals surface area contributed by atoms with E-state index in [1.807, 2.05) is 0 Å². The average molecular weight is 267 g/mol. The summed E-state index contributed by atoms with van der Waals surface area (Å²) < 4.78 is 5.85. The van der Waals surface area contributed by atoms with Crippen molar-refractivity contribution in [2.75, 3.05) is 13.2 Å². The molecular formula is C16H29NO2. The van der Waals surface area contributed by atoms with Crippen LogP contribution in [0.15, 0.2) is 0 Å². The van der Waals surface area contributed by atoms with Crippen LogP contribution in [0.25, 0.3) is 0 Å². The van der Waals surface area contributed by atoms with E-state index in [1.165, 1.54) is 57.8 Å². The van der Waals surface area contributed by atoms with Gasteiger partial charge >= 0.3 is 0 Å². The fraction of sp³-hybridized carbons (Fsp3) is 0.938. The normalized spacial score (nSPS) is 21.7. The molecule has 0 aromatic heterocycles. The number of hydrogen-bond donors (Lipinski definition) is 1. The first-order valence-electron chi connectivity index (χ1n) is 8.23. The summed E-state index contributed by atoms with van der Waals surface area (Å²) in [6, 6.07) is 0. The highest BCUT2D eigenvalue weighted by Gasteiger charge is 2.18. The third-order valence-electron chi connectivity index (χ3n) is 4.50. The summed E-state index contributed by atoms with van der Waals surface area (Å²) in [7, 11) is 0. The predicted molar refractivity (Wildman–Crippen MR) is 77.0 cm³/mol. The summed E-state index contributed by atoms with van der Waals surface area (Å²) in [4.78, 5) is 11.7. The second-order valence-corrected chi connectivity index (χ2v) is 6.19. The fourth-order valence-electron chi connectivity index (χ4n) is 3.33. The summed E-state index contributed by atoms with van der Waals surface area (Å²) >= 11 is 0. The van der Waals surface area contributed by atoms with E-state index < -0.39 is 0 Å². The first-order chi connectivity index (χ1) is 9.34. The van der Waals surface area contributed by atoms with Gasteiger partial charge in [-0.05, 0) is 38.0 Å². The van der Waals surface area contributed by atoms with Gasteiger partial charge in [0.15, 0.2) is 0 Å². The monoisotopic (exact) mass is 267 g/mol. The van der Waals surface area contributed by atoms with Crippen molar-refractivity contribution in [1.82, 2.24) is 5.32 Å². The molecule has 2 aliphatic rings. The Balaban J connectivity index is 1.43. The number of amides is 1. The van der Waals surface area contributed by atoms with E-state index in [4.69, 9.17) is 4.74 Å². The van der Waals surface area contributed by atoms with Crippen molar-refractivity contribution < 1.29 is 9.53 Å². The second kappa shape index (κ2) is 8.57. The summed E-state index contributed by atoms with van der Waals surface area (Å²) in [5, 5.41) is 3.03. The van der Waals surface area contributed by atoms with Crippen molar-refractivity contribution in [3.05, 3.63) is 0 Å². The molecule has 0 atom stereocenters. The van der Waals surface area contributed by atoms with Gasteiger partial charge < -0.3 is 10.1 Å². The van der Waals surface area contributed by atoms with Gasteiger partial charge in [0, 0.05) is 19.6 Å². The van der Waals surface area contributed by atoms with Crippen LogP contribution in [0.1, 0.15) is 70.6 Å². The van der Waals surface area contributed by atoms with Gasteiger partial charge in [0.25, 0.3) is 0 Å². The van der Waals surface area contributed by atoms with Gasteiger partial charge in [-0.25, -0.2) is 0 Å². The molecule has 2 fully saturated rings. The van der Waals surface area contributed by atoms with Crippen molar-refractivity contribution in [3.8, 4) is 0 Å². The standard InChI is InChI=1S/C16H29NO2/c18-16(13-14-7-4-5-8-14)17-11-6-12-19-15-9-2-1-3-10-15/h14-15H,1-13H2,(H,17,18). The Kier molecular flexibility index (Phi) is 6.69. The smallest absolute Gasteiger partial charge is 0.220 e. The Morgan fingerprint density at radius 3 is 2.42 bits per heavy atom. The molecule has 19 heavy (non-hydrogen) atoms. The molecule has 0 aromatic rings. The Morgan fingerprint density at radius 2 is 1.68 bits per heavy atom. The molecule has 0 unspecified atom stereocenters. The van der Waals surface area contributed by atoms with E-state index in [9.17, 15) is 4.79 Å². The van der Waals surface area contributed by atoms with Crippen LogP contribution in [-0.4, -0.2) is 25.2 Å². The zero-order valence-electron chi connectivity index (χ0n) is 12.2. The Morgan fingerprint density at radius 1 is 1.00 bits per heavy atom. The first kappa shape index (κ1) is 14.8. The summed E-state index contributed by atoms with van der Waals surface area (Å²) in [5.41, 5.74) is 0. The van der Waals surface area contributed by atoms with Crippen LogP contribution in [-0.2, 0) is 9.53 Å². The van der Waals surface area contributed by atoms with Gasteiger partial charge in [-0.3, -0.25) is 4.79 Å². The van der Waals surface area contributed by atoms with Crippen LogP contribution in [0.4, 0.5) is 0 Å². The van der Waals surface area contributed by atoms with E-state index in [0.717, 1.165) is 26.0 Å². The Bertz CT molecular complexity index is 255. The third kappa shape index (κ3) is 5.94. The fourth-order valence-corrected chi connectivity index (χ4v) is 3.33. The number of carbonyl (C=O) groups excluding carboxylic acids is 1. The molecule has 0 aliphatic heterocycles. The SMILES string of the molecule is O=C(CC1CCCC1)NCCCOC1CCCCC1. The molecule has 0 bridgehead atoms. The van der Waals surface area contributed by atoms with Crippen molar-refractivity contribution in [2.24, 2.45) is 5.92 Å². The molecule has 0 aromatic carbocycles. The molecule has 0 spiro atoms. The molecule has 2 saturated carbocycles. The lowest BCUT2D eigenvalue weighted by Gasteiger charge is -2.21. The molecule has 1 amide bonds. The highest BCUT2D eigenvalue weighted by Crippen LogP contribution is 2.27. The van der Waals surface area contributed by atoms with E-state index in [1.54, 1.807) is 0 Å². The minimum Gasteiger partial charge on any atom is -0.378 e. The molecule has 1 N–H and O–H groups in total. The minimum absolute atomic E-state index is 0.240. The van der Waals surface area contributed by atoms with Crippen molar-refractivity contribution in [3.63, 3.8) is 0 Å². The maximum Gasteiger partial charge on any atom is 0.220 e. The number of hydrogen-bond acceptors (Lipinski definition) is 2. The maximum absolute atomic E-state index is 11.7. The molecular weight excluding hydrogens is 238 g/mol. The van der Waals surface area contributed by atoms with Gasteiger partial charge in [-0.15, -0.1) is 0 Å². The van der Waals surface area contributed by atoms with Gasteiger partial charge in [-0.2, -0.15) is 0 Å². The highest BCUT2D eigenvalue weighted by atomic mass is 16.5. The molecule has 3 nitrogen and oxygen atoms in total. The predicted octanol–water partition coefficient (Wildman–Crippen LogP) is 3.42. The second-order valence-electron chi connectivity index (χ2n) is 6.19. The zero-order valence-corrected chi connectivity index (χ0v) is 12.2. The molecule has 0 saturated heterocycles. The average Bonchev–Trinajstić information content (AvgIpc) is 2.92. The van der Waals surface area contributed by atoms with Crippen molar-refractivity contribution >= 4 is 5.91 Å². The summed E-state index contributed by atoms with van der Waals surface area (Å²) in [5.74, 6) is 0.892. The van der Waals surface area contributed by atoms with Gasteiger partial charge in [0.05, 0.1) is 6.10 Å². The Labute approximate surface area is 117 Å². The van der Waals surface area contributed by atoms with Crippen LogP contribution in [0.5, 0.6) is 0 Å². The molecule has 0 heterocycles. The van der Waals surface area contributed by atoms with E-state index >= 15 is 0 Å². The van der Waals surface area contributed by atoms with Crippen LogP contribution < -0.4 is 5.32 Å². The van der Waals surface area contributed by atoms with Crippen LogP contribution in [0.3, 0.4) is 0 Å². The number of rotatable bonds is 7. The molecule has 0 radical (unpaired) electrons.